The van der Waals surface area contributed by atoms with Crippen LogP contribution in [0.1, 0.15) is 39.5 Å². The second kappa shape index (κ2) is 4.10. The van der Waals surface area contributed by atoms with Crippen LogP contribution in [-0.4, -0.2) is 12.1 Å². The van der Waals surface area contributed by atoms with E-state index in [-0.39, 0.29) is 0 Å². The van der Waals surface area contributed by atoms with Gasteiger partial charge in [-0.25, -0.2) is 0 Å². The van der Waals surface area contributed by atoms with Gasteiger partial charge in [-0.1, -0.05) is 27.2 Å². The van der Waals surface area contributed by atoms with Crippen molar-refractivity contribution in [1.82, 2.24) is 5.32 Å². The smallest absolute Gasteiger partial charge is 0.00976 e. The summed E-state index contributed by atoms with van der Waals surface area (Å²) in [4.78, 5) is 0. The molecule has 0 saturated heterocycles. The third-order valence-corrected chi connectivity index (χ3v) is 2.25. The van der Waals surface area contributed by atoms with E-state index in [9.17, 15) is 0 Å². The maximum atomic E-state index is 3.90. The van der Waals surface area contributed by atoms with Gasteiger partial charge in [0.2, 0.25) is 0 Å². The third-order valence-electron chi connectivity index (χ3n) is 2.25. The van der Waals surface area contributed by atoms with E-state index in [1.54, 1.807) is 0 Å². The lowest BCUT2D eigenvalue weighted by molar-refractivity contribution is 0.402. The molecule has 1 aliphatic rings. The molecular weight excluding hydrogens is 134 g/mol. The summed E-state index contributed by atoms with van der Waals surface area (Å²) in [6.45, 7) is 8.34. The van der Waals surface area contributed by atoms with Crippen LogP contribution in [0, 0.1) is 12.8 Å². The Hall–Kier alpha value is -0.0400. The lowest BCUT2D eigenvalue weighted by atomic mass is 10.1. The minimum Gasteiger partial charge on any atom is -0.312 e. The molecule has 65 valence electrons. The molecule has 1 rings (SSSR count). The van der Waals surface area contributed by atoms with Crippen molar-refractivity contribution in [2.45, 2.75) is 51.6 Å². The molecular formula is C10H20N. The summed E-state index contributed by atoms with van der Waals surface area (Å²) >= 11 is 0. The predicted molar refractivity (Wildman–Crippen MR) is 49.4 cm³/mol. The fourth-order valence-electron chi connectivity index (χ4n) is 1.60. The maximum Gasteiger partial charge on any atom is 0.00976 e. The molecule has 1 radical (unpaired) electrons. The first-order valence-corrected chi connectivity index (χ1v) is 4.79. The summed E-state index contributed by atoms with van der Waals surface area (Å²) < 4.78 is 0. The highest BCUT2D eigenvalue weighted by atomic mass is 14.9. The van der Waals surface area contributed by atoms with Crippen LogP contribution in [0.5, 0.6) is 0 Å². The zero-order chi connectivity index (χ0) is 8.27. The molecule has 0 spiro atoms. The average Bonchev–Trinajstić information content (AvgIpc) is 2.66. The van der Waals surface area contributed by atoms with Gasteiger partial charge in [-0.2, -0.15) is 0 Å². The first-order valence-electron chi connectivity index (χ1n) is 4.79. The van der Waals surface area contributed by atoms with Crippen molar-refractivity contribution in [2.24, 2.45) is 5.92 Å². The quantitative estimate of drug-likeness (QED) is 0.641. The van der Waals surface area contributed by atoms with Crippen molar-refractivity contribution >= 4 is 0 Å². The van der Waals surface area contributed by atoms with Gasteiger partial charge in [-0.3, -0.25) is 0 Å². The van der Waals surface area contributed by atoms with E-state index in [2.05, 4.69) is 26.1 Å². The SMILES string of the molecule is [CH2]CCC(NC(C)C)C1CC1. The van der Waals surface area contributed by atoms with Gasteiger partial charge >= 0.3 is 0 Å². The summed E-state index contributed by atoms with van der Waals surface area (Å²) in [5, 5.41) is 3.60. The molecule has 1 heteroatoms. The summed E-state index contributed by atoms with van der Waals surface area (Å²) in [6, 6.07) is 1.39. The molecule has 0 aromatic rings. The highest BCUT2D eigenvalue weighted by Crippen LogP contribution is 2.34. The molecule has 1 unspecified atom stereocenters. The van der Waals surface area contributed by atoms with Gasteiger partial charge in [0.15, 0.2) is 0 Å². The van der Waals surface area contributed by atoms with Gasteiger partial charge in [0.25, 0.3) is 0 Å². The first kappa shape index (κ1) is 9.05. The van der Waals surface area contributed by atoms with Crippen molar-refractivity contribution < 1.29 is 0 Å². The molecule has 1 aliphatic carbocycles. The van der Waals surface area contributed by atoms with Crippen LogP contribution in [0.3, 0.4) is 0 Å². The summed E-state index contributed by atoms with van der Waals surface area (Å²) in [5.74, 6) is 0.971. The first-order chi connectivity index (χ1) is 5.24. The molecule has 0 heterocycles. The Morgan fingerprint density at radius 2 is 2.09 bits per heavy atom. The minimum absolute atomic E-state index is 0.632. The minimum atomic E-state index is 0.632. The Balaban J connectivity index is 2.20. The van der Waals surface area contributed by atoms with Crippen LogP contribution in [0.25, 0.3) is 0 Å². The van der Waals surface area contributed by atoms with Gasteiger partial charge in [-0.15, -0.1) is 0 Å². The molecule has 11 heavy (non-hydrogen) atoms. The lowest BCUT2D eigenvalue weighted by Crippen LogP contribution is -2.36. The number of nitrogens with one attached hydrogen (secondary N) is 1. The van der Waals surface area contributed by atoms with E-state index >= 15 is 0 Å². The summed E-state index contributed by atoms with van der Waals surface area (Å²) in [7, 11) is 0. The van der Waals surface area contributed by atoms with Gasteiger partial charge in [0.1, 0.15) is 0 Å². The van der Waals surface area contributed by atoms with Gasteiger partial charge in [-0.05, 0) is 25.2 Å². The Kier molecular flexibility index (Phi) is 3.38. The third kappa shape index (κ3) is 3.24. The maximum absolute atomic E-state index is 3.90. The molecule has 1 fully saturated rings. The van der Waals surface area contributed by atoms with E-state index in [0.717, 1.165) is 18.4 Å². The van der Waals surface area contributed by atoms with Gasteiger partial charge < -0.3 is 5.32 Å². The Morgan fingerprint density at radius 1 is 1.45 bits per heavy atom. The van der Waals surface area contributed by atoms with Crippen molar-refractivity contribution in [3.8, 4) is 0 Å². The van der Waals surface area contributed by atoms with E-state index in [4.69, 9.17) is 0 Å². The van der Waals surface area contributed by atoms with Crippen LogP contribution in [0.2, 0.25) is 0 Å². The Labute approximate surface area is 70.6 Å². The zero-order valence-electron chi connectivity index (χ0n) is 7.77. The summed E-state index contributed by atoms with van der Waals surface area (Å²) in [5.41, 5.74) is 0. The summed E-state index contributed by atoms with van der Waals surface area (Å²) in [6.07, 6.45) is 5.19. The van der Waals surface area contributed by atoms with Crippen molar-refractivity contribution in [3.05, 3.63) is 6.92 Å². The van der Waals surface area contributed by atoms with Crippen molar-refractivity contribution in [3.63, 3.8) is 0 Å². The van der Waals surface area contributed by atoms with Crippen LogP contribution >= 0.6 is 0 Å². The zero-order valence-corrected chi connectivity index (χ0v) is 7.77. The predicted octanol–water partition coefficient (Wildman–Crippen LogP) is 2.38. The fraction of sp³-hybridized carbons (Fsp3) is 0.900. The van der Waals surface area contributed by atoms with E-state index < -0.39 is 0 Å². The second-order valence-corrected chi connectivity index (χ2v) is 3.91. The average molecular weight is 154 g/mol. The Morgan fingerprint density at radius 3 is 2.45 bits per heavy atom. The number of hydrogen-bond donors (Lipinski definition) is 1. The molecule has 0 aliphatic heterocycles. The van der Waals surface area contributed by atoms with Crippen LogP contribution < -0.4 is 5.32 Å². The molecule has 1 saturated carbocycles. The monoisotopic (exact) mass is 154 g/mol. The topological polar surface area (TPSA) is 12.0 Å². The Bertz CT molecular complexity index is 105. The number of hydrogen-bond acceptors (Lipinski definition) is 1. The van der Waals surface area contributed by atoms with Gasteiger partial charge in [0, 0.05) is 12.1 Å². The van der Waals surface area contributed by atoms with Crippen LogP contribution in [0.4, 0.5) is 0 Å². The van der Waals surface area contributed by atoms with E-state index in [1.165, 1.54) is 19.3 Å². The highest BCUT2D eigenvalue weighted by Gasteiger charge is 2.30. The lowest BCUT2D eigenvalue weighted by Gasteiger charge is -2.19. The van der Waals surface area contributed by atoms with Crippen molar-refractivity contribution in [2.75, 3.05) is 0 Å². The van der Waals surface area contributed by atoms with E-state index in [1.807, 2.05) is 0 Å². The standard InChI is InChI=1S/C10H20N/c1-4-5-10(9-6-7-9)11-8(2)3/h8-11H,1,4-7H2,2-3H3. The molecule has 0 bridgehead atoms. The largest absolute Gasteiger partial charge is 0.312 e. The van der Waals surface area contributed by atoms with E-state index in [0.29, 0.717) is 6.04 Å². The highest BCUT2D eigenvalue weighted by molar-refractivity contribution is 4.87. The van der Waals surface area contributed by atoms with Crippen LogP contribution in [-0.2, 0) is 0 Å². The fourth-order valence-corrected chi connectivity index (χ4v) is 1.60. The van der Waals surface area contributed by atoms with Gasteiger partial charge in [0.05, 0.1) is 0 Å². The normalized spacial score (nSPS) is 20.7. The second-order valence-electron chi connectivity index (χ2n) is 3.91. The molecule has 1 N–H and O–H groups in total. The molecule has 1 nitrogen and oxygen atoms in total. The molecule has 1 atom stereocenters. The van der Waals surface area contributed by atoms with Crippen LogP contribution in [0.15, 0.2) is 0 Å². The molecule has 0 aromatic heterocycles. The van der Waals surface area contributed by atoms with Crippen molar-refractivity contribution in [1.29, 1.82) is 0 Å². The number of rotatable bonds is 5. The molecule has 0 amide bonds. The molecule has 0 aromatic carbocycles.